The van der Waals surface area contributed by atoms with Gasteiger partial charge in [-0.05, 0) is 22.4 Å². The summed E-state index contributed by atoms with van der Waals surface area (Å²) < 4.78 is 65.2. The van der Waals surface area contributed by atoms with E-state index in [-0.39, 0.29) is 18.6 Å². The second-order valence-corrected chi connectivity index (χ2v) is 15.1. The van der Waals surface area contributed by atoms with Crippen LogP contribution >= 0.6 is 11.8 Å². The van der Waals surface area contributed by atoms with Gasteiger partial charge in [-0.2, -0.15) is 0 Å². The Hall–Kier alpha value is -3.17. The predicted octanol–water partition coefficient (Wildman–Crippen LogP) is 6.76. The number of rotatable bonds is 15. The first-order chi connectivity index (χ1) is 27.1. The van der Waals surface area contributed by atoms with Gasteiger partial charge in [0.25, 0.3) is 0 Å². The lowest BCUT2D eigenvalue weighted by Gasteiger charge is -2.51. The normalized spacial score (nSPS) is 31.1. The summed E-state index contributed by atoms with van der Waals surface area (Å²) in [6, 6.07) is 40.7. The van der Waals surface area contributed by atoms with E-state index in [1.165, 1.54) is 0 Å². The zero-order chi connectivity index (χ0) is 38.2. The predicted molar refractivity (Wildman–Crippen MR) is 209 cm³/mol. The van der Waals surface area contributed by atoms with Crippen LogP contribution in [0.4, 0.5) is 0 Å². The number of thioether (sulfide) groups is 1. The molecule has 0 N–H and O–H groups in total. The van der Waals surface area contributed by atoms with E-state index in [0.29, 0.717) is 0 Å². The summed E-state index contributed by atoms with van der Waals surface area (Å²) in [6.07, 6.45) is -6.01. The molecule has 0 aliphatic carbocycles. The Balaban J connectivity index is 1.23. The number of hydrogen-bond donors (Lipinski definition) is 0. The first-order valence-corrected chi connectivity index (χ1v) is 19.9. The molecule has 10 nitrogen and oxygen atoms in total. The molecule has 1 unspecified atom stereocenters. The van der Waals surface area contributed by atoms with Crippen molar-refractivity contribution in [2.75, 3.05) is 47.4 Å². The van der Waals surface area contributed by atoms with Gasteiger partial charge < -0.3 is 47.4 Å². The largest absolute Gasteiger partial charge is 0.376 e. The molecule has 0 saturated carbocycles. The van der Waals surface area contributed by atoms with E-state index in [9.17, 15) is 0 Å². The fraction of sp³-hybridized carbons (Fsp3) is 0.455. The molecule has 7 rings (SSSR count). The molecule has 11 atom stereocenters. The third kappa shape index (κ3) is 8.30. The number of benzene rings is 4. The van der Waals surface area contributed by atoms with E-state index in [1.807, 2.05) is 84.9 Å². The zero-order valence-electron chi connectivity index (χ0n) is 32.0. The van der Waals surface area contributed by atoms with Crippen molar-refractivity contribution >= 4 is 11.8 Å². The van der Waals surface area contributed by atoms with Gasteiger partial charge in [0.15, 0.2) is 12.6 Å². The van der Waals surface area contributed by atoms with Gasteiger partial charge in [0.05, 0.1) is 13.2 Å². The first-order valence-electron chi connectivity index (χ1n) is 18.9. The van der Waals surface area contributed by atoms with Crippen LogP contribution in [-0.4, -0.2) is 108 Å². The molecule has 11 heteroatoms. The fourth-order valence-corrected chi connectivity index (χ4v) is 9.08. The molecule has 4 aromatic rings. The minimum absolute atomic E-state index is 0.134. The Bertz CT molecular complexity index is 1620. The van der Waals surface area contributed by atoms with E-state index < -0.39 is 67.0 Å². The summed E-state index contributed by atoms with van der Waals surface area (Å²) in [5, 5.41) is 0. The van der Waals surface area contributed by atoms with Gasteiger partial charge in [-0.3, -0.25) is 0 Å². The van der Waals surface area contributed by atoms with Gasteiger partial charge >= 0.3 is 0 Å². The Kier molecular flexibility index (Phi) is 13.7. The maximum absolute atomic E-state index is 7.32. The number of hydrogen-bond acceptors (Lipinski definition) is 11. The standard InChI is InChI=1S/C44H52O10S/c1-6-55-43-40(48-5)38(46-3)36(54-42-39(47-4)37(45-2)35-33(51-42)27-49-41(53-35)29-19-11-7-12-20-29)34(52-43)28-50-44(30-21-13-8-14-22-30,31-23-15-9-16-24-31)32-25-17-10-18-26-32/h7-26,33-43H,6,27-28H2,1-5H3/t33-,34-,35-,36-,37+,38+,39-,40-,41?,42-,43+/m1/s1. The third-order valence-corrected chi connectivity index (χ3v) is 11.7. The highest BCUT2D eigenvalue weighted by Crippen LogP contribution is 2.43. The molecular weight excluding hydrogens is 721 g/mol. The first kappa shape index (κ1) is 40.0. The molecule has 0 radical (unpaired) electrons. The zero-order valence-corrected chi connectivity index (χ0v) is 32.8. The lowest BCUT2D eigenvalue weighted by molar-refractivity contribution is -0.382. The van der Waals surface area contributed by atoms with Crippen LogP contribution in [0, 0.1) is 0 Å². The van der Waals surface area contributed by atoms with E-state index >= 15 is 0 Å². The number of fused-ring (bicyclic) bond motifs is 1. The van der Waals surface area contributed by atoms with Gasteiger partial charge in [0.1, 0.15) is 59.9 Å². The van der Waals surface area contributed by atoms with Crippen molar-refractivity contribution in [3.05, 3.63) is 144 Å². The second kappa shape index (κ2) is 18.8. The van der Waals surface area contributed by atoms with Crippen LogP contribution in [0.15, 0.2) is 121 Å². The fourth-order valence-electron chi connectivity index (χ4n) is 8.07. The SMILES string of the molecule is CCS[C@@H]1O[C@H](COC(c2ccccc2)(c2ccccc2)c2ccccc2)[C@@H](O[C@H]2O[C@@H]3COC(c4ccccc4)O[C@H]3[C@H](OC)[C@H]2OC)[C@H](OC)[C@H]1OC. The van der Waals surface area contributed by atoms with Crippen LogP contribution < -0.4 is 0 Å². The Morgan fingerprint density at radius 1 is 0.600 bits per heavy atom. The molecule has 0 bridgehead atoms. The van der Waals surface area contributed by atoms with Gasteiger partial charge in [-0.25, -0.2) is 0 Å². The summed E-state index contributed by atoms with van der Waals surface area (Å²) in [4.78, 5) is 0. The topological polar surface area (TPSA) is 92.3 Å². The van der Waals surface area contributed by atoms with Crippen LogP contribution in [0.5, 0.6) is 0 Å². The summed E-state index contributed by atoms with van der Waals surface area (Å²) in [7, 11) is 6.61. The molecule has 4 aromatic carbocycles. The molecular formula is C44H52O10S. The molecule has 3 aliphatic rings. The highest BCUT2D eigenvalue weighted by atomic mass is 32.2. The quantitative estimate of drug-likeness (QED) is 0.120. The van der Waals surface area contributed by atoms with Crippen LogP contribution in [0.3, 0.4) is 0 Å². The van der Waals surface area contributed by atoms with E-state index in [2.05, 4.69) is 43.3 Å². The van der Waals surface area contributed by atoms with Crippen molar-refractivity contribution in [1.82, 2.24) is 0 Å². The van der Waals surface area contributed by atoms with Crippen molar-refractivity contribution in [2.45, 2.75) is 79.4 Å². The maximum Gasteiger partial charge on any atom is 0.187 e. The van der Waals surface area contributed by atoms with Crippen LogP contribution in [0.2, 0.25) is 0 Å². The summed E-state index contributed by atoms with van der Waals surface area (Å²) in [6.45, 7) is 2.50. The summed E-state index contributed by atoms with van der Waals surface area (Å²) >= 11 is 1.65. The molecule has 0 spiro atoms. The van der Waals surface area contributed by atoms with E-state index in [0.717, 1.165) is 28.0 Å². The molecule has 3 aliphatic heterocycles. The van der Waals surface area contributed by atoms with E-state index in [1.54, 1.807) is 40.2 Å². The van der Waals surface area contributed by atoms with E-state index in [4.69, 9.17) is 47.4 Å². The number of methoxy groups -OCH3 is 4. The molecule has 3 heterocycles. The monoisotopic (exact) mass is 772 g/mol. The Morgan fingerprint density at radius 3 is 1.64 bits per heavy atom. The Morgan fingerprint density at radius 2 is 1.13 bits per heavy atom. The van der Waals surface area contributed by atoms with Crippen molar-refractivity contribution in [1.29, 1.82) is 0 Å². The van der Waals surface area contributed by atoms with Crippen LogP contribution in [-0.2, 0) is 53.0 Å². The lowest BCUT2D eigenvalue weighted by atomic mass is 9.80. The minimum Gasteiger partial charge on any atom is -0.376 e. The van der Waals surface area contributed by atoms with Crippen molar-refractivity contribution in [2.24, 2.45) is 0 Å². The molecule has 0 aromatic heterocycles. The van der Waals surface area contributed by atoms with Crippen molar-refractivity contribution in [3.8, 4) is 0 Å². The van der Waals surface area contributed by atoms with Crippen molar-refractivity contribution < 1.29 is 47.4 Å². The maximum atomic E-state index is 7.32. The molecule has 3 fully saturated rings. The van der Waals surface area contributed by atoms with Gasteiger partial charge in [0.2, 0.25) is 0 Å². The number of ether oxygens (including phenoxy) is 10. The highest BCUT2D eigenvalue weighted by Gasteiger charge is 2.55. The second-order valence-electron chi connectivity index (χ2n) is 13.7. The van der Waals surface area contributed by atoms with Gasteiger partial charge in [-0.15, -0.1) is 11.8 Å². The molecule has 3 saturated heterocycles. The van der Waals surface area contributed by atoms with Gasteiger partial charge in [0, 0.05) is 34.0 Å². The Labute approximate surface area is 328 Å². The summed E-state index contributed by atoms with van der Waals surface area (Å²) in [5.74, 6) is 0.808. The molecule has 55 heavy (non-hydrogen) atoms. The van der Waals surface area contributed by atoms with Crippen LogP contribution in [0.25, 0.3) is 0 Å². The minimum atomic E-state index is -0.984. The molecule has 0 amide bonds. The average Bonchev–Trinajstić information content (AvgIpc) is 3.25. The smallest absolute Gasteiger partial charge is 0.187 e. The van der Waals surface area contributed by atoms with Gasteiger partial charge in [-0.1, -0.05) is 128 Å². The van der Waals surface area contributed by atoms with Crippen molar-refractivity contribution in [3.63, 3.8) is 0 Å². The lowest BCUT2D eigenvalue weighted by Crippen LogP contribution is -2.66. The third-order valence-electron chi connectivity index (χ3n) is 10.7. The average molecular weight is 773 g/mol. The highest BCUT2D eigenvalue weighted by molar-refractivity contribution is 7.99. The molecule has 294 valence electrons. The van der Waals surface area contributed by atoms with Crippen LogP contribution in [0.1, 0.15) is 35.5 Å². The summed E-state index contributed by atoms with van der Waals surface area (Å²) in [5.41, 5.74) is 2.51.